The lowest BCUT2D eigenvalue weighted by Gasteiger charge is -2.37. The highest BCUT2D eigenvalue weighted by Gasteiger charge is 2.30. The zero-order chi connectivity index (χ0) is 32.4. The first-order valence-corrected chi connectivity index (χ1v) is 16.6. The van der Waals surface area contributed by atoms with Crippen molar-refractivity contribution in [2.45, 2.75) is 43.7 Å². The van der Waals surface area contributed by atoms with Gasteiger partial charge >= 0.3 is 0 Å². The standard InChI is InChI=1S/C34H40BrN7O4/c1-39-20-26(17-27(21-39)37-29-18-36-40(2)34(46)31(29)35)23-6-8-24(9-7-23)33(45)42-14-12-41(13-15-42)19-22-4-3-5-25(16-22)28-10-11-30(43)38-32(28)44/h3-9,16,18,26-28,37H,10-15,17,19-21H2,1-2H3,(H,38,43,44). The third-order valence-corrected chi connectivity index (χ3v) is 10.1. The molecule has 3 fully saturated rings. The Morgan fingerprint density at radius 3 is 2.50 bits per heavy atom. The number of piperazine rings is 1. The fourth-order valence-electron chi connectivity index (χ4n) is 6.86. The molecule has 12 heteroatoms. The lowest BCUT2D eigenvalue weighted by atomic mass is 9.87. The Morgan fingerprint density at radius 2 is 1.76 bits per heavy atom. The first kappa shape index (κ1) is 32.1. The fourth-order valence-corrected chi connectivity index (χ4v) is 7.34. The van der Waals surface area contributed by atoms with E-state index in [2.05, 4.69) is 72.8 Å². The molecule has 3 saturated heterocycles. The first-order valence-electron chi connectivity index (χ1n) is 15.9. The number of carbonyl (C=O) groups excluding carboxylic acids is 3. The van der Waals surface area contributed by atoms with Gasteiger partial charge in [0, 0.05) is 70.9 Å². The number of nitrogens with one attached hydrogen (secondary N) is 2. The quantitative estimate of drug-likeness (QED) is 0.364. The average molecular weight is 691 g/mol. The van der Waals surface area contributed by atoms with E-state index in [1.807, 2.05) is 29.2 Å². The molecule has 3 atom stereocenters. The van der Waals surface area contributed by atoms with E-state index in [0.717, 1.165) is 50.3 Å². The monoisotopic (exact) mass is 689 g/mol. The number of likely N-dealkylation sites (N-methyl/N-ethyl adjacent to an activating group) is 1. The normalized spacial score (nSPS) is 22.8. The predicted octanol–water partition coefficient (Wildman–Crippen LogP) is 2.92. The van der Waals surface area contributed by atoms with Gasteiger partial charge < -0.3 is 15.1 Å². The number of piperidine rings is 2. The summed E-state index contributed by atoms with van der Waals surface area (Å²) < 4.78 is 1.79. The molecule has 4 heterocycles. The number of carbonyl (C=O) groups is 3. The summed E-state index contributed by atoms with van der Waals surface area (Å²) in [6.07, 6.45) is 3.48. The molecule has 6 rings (SSSR count). The number of hydrogen-bond acceptors (Lipinski definition) is 8. The number of amides is 3. The van der Waals surface area contributed by atoms with E-state index in [9.17, 15) is 19.2 Å². The number of aromatic nitrogens is 2. The number of anilines is 1. The molecule has 3 aromatic rings. The molecule has 11 nitrogen and oxygen atoms in total. The molecule has 3 amide bonds. The lowest BCUT2D eigenvalue weighted by molar-refractivity contribution is -0.134. The lowest BCUT2D eigenvalue weighted by Crippen LogP contribution is -2.48. The van der Waals surface area contributed by atoms with Crippen LogP contribution in [0.3, 0.4) is 0 Å². The van der Waals surface area contributed by atoms with E-state index in [1.165, 1.54) is 10.2 Å². The molecule has 2 N–H and O–H groups in total. The Labute approximate surface area is 277 Å². The molecule has 0 saturated carbocycles. The van der Waals surface area contributed by atoms with E-state index in [0.29, 0.717) is 41.7 Å². The topological polar surface area (TPSA) is 120 Å². The second-order valence-corrected chi connectivity index (χ2v) is 13.5. The van der Waals surface area contributed by atoms with Gasteiger partial charge in [0.2, 0.25) is 11.8 Å². The van der Waals surface area contributed by atoms with Crippen molar-refractivity contribution in [3.05, 3.63) is 91.8 Å². The van der Waals surface area contributed by atoms with Crippen LogP contribution < -0.4 is 16.2 Å². The average Bonchev–Trinajstić information content (AvgIpc) is 3.05. The number of nitrogens with zero attached hydrogens (tertiary/aromatic N) is 5. The zero-order valence-electron chi connectivity index (χ0n) is 26.2. The second-order valence-electron chi connectivity index (χ2n) is 12.7. The van der Waals surface area contributed by atoms with Crippen LogP contribution in [0.4, 0.5) is 5.69 Å². The Bertz CT molecular complexity index is 1670. The molecule has 0 bridgehead atoms. The van der Waals surface area contributed by atoms with Crippen LogP contribution in [-0.2, 0) is 23.2 Å². The van der Waals surface area contributed by atoms with Gasteiger partial charge in [-0.3, -0.25) is 29.4 Å². The number of rotatable bonds is 7. The van der Waals surface area contributed by atoms with Gasteiger partial charge in [-0.05, 0) is 70.6 Å². The summed E-state index contributed by atoms with van der Waals surface area (Å²) in [4.78, 5) is 56.1. The molecule has 2 aromatic carbocycles. The summed E-state index contributed by atoms with van der Waals surface area (Å²) in [5, 5.41) is 10.1. The molecule has 3 unspecified atom stereocenters. The van der Waals surface area contributed by atoms with Crippen LogP contribution in [0.1, 0.15) is 58.1 Å². The van der Waals surface area contributed by atoms with Crippen molar-refractivity contribution in [1.82, 2.24) is 29.8 Å². The van der Waals surface area contributed by atoms with Crippen molar-refractivity contribution in [2.24, 2.45) is 7.05 Å². The van der Waals surface area contributed by atoms with Crippen LogP contribution in [0.5, 0.6) is 0 Å². The summed E-state index contributed by atoms with van der Waals surface area (Å²) in [7, 11) is 3.73. The number of likely N-dealkylation sites (tertiary alicyclic amines) is 1. The van der Waals surface area contributed by atoms with Gasteiger partial charge in [0.25, 0.3) is 11.5 Å². The highest BCUT2D eigenvalue weighted by atomic mass is 79.9. The molecule has 0 radical (unpaired) electrons. The third-order valence-electron chi connectivity index (χ3n) is 9.36. The SMILES string of the molecule is CN1CC(Nc2cnn(C)c(=O)c2Br)CC(c2ccc(C(=O)N3CCN(Cc4cccc(C5CCC(=O)NC5=O)c4)CC3)cc2)C1. The maximum Gasteiger partial charge on any atom is 0.282 e. The van der Waals surface area contributed by atoms with E-state index in [1.54, 1.807) is 13.2 Å². The van der Waals surface area contributed by atoms with Gasteiger partial charge in [-0.2, -0.15) is 5.10 Å². The molecule has 3 aliphatic rings. The van der Waals surface area contributed by atoms with E-state index < -0.39 is 0 Å². The molecule has 0 aliphatic carbocycles. The summed E-state index contributed by atoms with van der Waals surface area (Å²) in [5.41, 5.74) is 4.48. The van der Waals surface area contributed by atoms with E-state index in [4.69, 9.17) is 0 Å². The number of imide groups is 1. The van der Waals surface area contributed by atoms with Crippen molar-refractivity contribution in [3.63, 3.8) is 0 Å². The van der Waals surface area contributed by atoms with Crippen molar-refractivity contribution in [2.75, 3.05) is 51.6 Å². The molecule has 46 heavy (non-hydrogen) atoms. The van der Waals surface area contributed by atoms with Gasteiger partial charge in [-0.15, -0.1) is 0 Å². The first-order chi connectivity index (χ1) is 22.1. The van der Waals surface area contributed by atoms with Crippen molar-refractivity contribution >= 4 is 39.3 Å². The van der Waals surface area contributed by atoms with Gasteiger partial charge in [0.1, 0.15) is 4.47 Å². The summed E-state index contributed by atoms with van der Waals surface area (Å²) in [6.45, 7) is 5.37. The third kappa shape index (κ3) is 7.24. The summed E-state index contributed by atoms with van der Waals surface area (Å²) >= 11 is 3.42. The molecule has 3 aliphatic heterocycles. The summed E-state index contributed by atoms with van der Waals surface area (Å²) in [6, 6.07) is 16.3. The fraction of sp³-hybridized carbons (Fsp3) is 0.441. The highest BCUT2D eigenvalue weighted by Crippen LogP contribution is 2.30. The Morgan fingerprint density at radius 1 is 1.00 bits per heavy atom. The number of hydrogen-bond donors (Lipinski definition) is 2. The predicted molar refractivity (Wildman–Crippen MR) is 179 cm³/mol. The van der Waals surface area contributed by atoms with Gasteiger partial charge in [0.05, 0.1) is 17.8 Å². The minimum absolute atomic E-state index is 0.0503. The van der Waals surface area contributed by atoms with E-state index >= 15 is 0 Å². The van der Waals surface area contributed by atoms with Crippen molar-refractivity contribution in [1.29, 1.82) is 0 Å². The van der Waals surface area contributed by atoms with Crippen LogP contribution in [0.25, 0.3) is 0 Å². The van der Waals surface area contributed by atoms with Crippen LogP contribution in [0.15, 0.2) is 64.0 Å². The minimum atomic E-state index is -0.290. The van der Waals surface area contributed by atoms with Gasteiger partial charge in [-0.25, -0.2) is 4.68 Å². The second kappa shape index (κ2) is 13.9. The minimum Gasteiger partial charge on any atom is -0.379 e. The van der Waals surface area contributed by atoms with Gasteiger partial charge in [-0.1, -0.05) is 36.4 Å². The largest absolute Gasteiger partial charge is 0.379 e. The Kier molecular flexibility index (Phi) is 9.67. The van der Waals surface area contributed by atoms with E-state index in [-0.39, 0.29) is 41.2 Å². The number of aryl methyl sites for hydroxylation is 1. The van der Waals surface area contributed by atoms with Crippen molar-refractivity contribution in [3.8, 4) is 0 Å². The number of benzene rings is 2. The maximum atomic E-state index is 13.4. The van der Waals surface area contributed by atoms with Crippen LogP contribution in [-0.4, -0.2) is 94.6 Å². The Hall–Kier alpha value is -3.87. The summed E-state index contributed by atoms with van der Waals surface area (Å²) in [5.74, 6) is -0.373. The molecule has 1 aromatic heterocycles. The van der Waals surface area contributed by atoms with Crippen LogP contribution in [0, 0.1) is 0 Å². The smallest absolute Gasteiger partial charge is 0.282 e. The molecular weight excluding hydrogens is 650 g/mol. The van der Waals surface area contributed by atoms with Crippen LogP contribution in [0.2, 0.25) is 0 Å². The van der Waals surface area contributed by atoms with Crippen molar-refractivity contribution < 1.29 is 14.4 Å². The highest BCUT2D eigenvalue weighted by molar-refractivity contribution is 9.10. The van der Waals surface area contributed by atoms with Crippen LogP contribution >= 0.6 is 15.9 Å². The zero-order valence-corrected chi connectivity index (χ0v) is 27.8. The number of halogens is 1. The molecule has 0 spiro atoms. The van der Waals surface area contributed by atoms with Gasteiger partial charge in [0.15, 0.2) is 0 Å². The Balaban J connectivity index is 1.02. The maximum absolute atomic E-state index is 13.4. The molecular formula is C34H40BrN7O4. The molecule has 242 valence electrons.